The summed E-state index contributed by atoms with van der Waals surface area (Å²) in [6.07, 6.45) is 2.34. The molecule has 3 aromatic rings. The number of hydrogen-bond donors (Lipinski definition) is 1. The van der Waals surface area contributed by atoms with Crippen molar-refractivity contribution in [1.29, 1.82) is 0 Å². The van der Waals surface area contributed by atoms with Crippen molar-refractivity contribution in [2.75, 3.05) is 13.2 Å². The molecule has 8 heteroatoms. The lowest BCUT2D eigenvalue weighted by molar-refractivity contribution is 0.0954. The predicted molar refractivity (Wildman–Crippen MR) is 133 cm³/mol. The number of nitrogens with zero attached hydrogens (tertiary/aromatic N) is 1. The monoisotopic (exact) mass is 528 g/mol. The highest BCUT2D eigenvalue weighted by atomic mass is 79.9. The molecule has 0 unspecified atom stereocenters. The molecule has 0 aliphatic rings. The average molecular weight is 529 g/mol. The zero-order valence-electron chi connectivity index (χ0n) is 19.0. The lowest BCUT2D eigenvalue weighted by Gasteiger charge is -2.12. The van der Waals surface area contributed by atoms with Gasteiger partial charge >= 0.3 is 0 Å². The van der Waals surface area contributed by atoms with Crippen LogP contribution in [0.25, 0.3) is 0 Å². The molecule has 178 valence electrons. The Labute approximate surface area is 206 Å². The minimum atomic E-state index is -0.400. The molecule has 3 aromatic carbocycles. The zero-order chi connectivity index (χ0) is 24.3. The number of carbonyl (C=O) groups is 1. The zero-order valence-corrected chi connectivity index (χ0v) is 20.6. The van der Waals surface area contributed by atoms with E-state index in [1.165, 1.54) is 12.3 Å². The first kappa shape index (κ1) is 25.2. The van der Waals surface area contributed by atoms with Gasteiger partial charge in [0.05, 0.1) is 19.4 Å². The summed E-state index contributed by atoms with van der Waals surface area (Å²) >= 11 is 3.42. The van der Waals surface area contributed by atoms with Crippen LogP contribution in [-0.4, -0.2) is 25.3 Å². The molecule has 0 heterocycles. The maximum Gasteiger partial charge on any atom is 0.271 e. The summed E-state index contributed by atoms with van der Waals surface area (Å²) in [6.45, 7) is 4.95. The maximum absolute atomic E-state index is 13.9. The van der Waals surface area contributed by atoms with Crippen LogP contribution >= 0.6 is 15.9 Å². The van der Waals surface area contributed by atoms with Crippen LogP contribution in [0.3, 0.4) is 0 Å². The van der Waals surface area contributed by atoms with Crippen LogP contribution in [0.2, 0.25) is 0 Å². The molecule has 0 bridgehead atoms. The van der Waals surface area contributed by atoms with Crippen molar-refractivity contribution in [3.8, 4) is 17.2 Å². The molecule has 1 N–H and O–H groups in total. The van der Waals surface area contributed by atoms with Gasteiger partial charge < -0.3 is 14.2 Å². The SMILES string of the molecule is CCCOc1ccc(C(=O)N/N=C/c2cc(Br)ccc2OCc2ccccc2F)cc1OCC. The molecule has 0 fully saturated rings. The normalized spacial score (nSPS) is 10.8. The van der Waals surface area contributed by atoms with E-state index in [9.17, 15) is 9.18 Å². The van der Waals surface area contributed by atoms with Crippen molar-refractivity contribution in [3.05, 3.63) is 87.6 Å². The summed E-state index contributed by atoms with van der Waals surface area (Å²) < 4.78 is 31.8. The number of benzene rings is 3. The molecule has 0 saturated carbocycles. The Bertz CT molecular complexity index is 1150. The molecule has 0 aromatic heterocycles. The van der Waals surface area contributed by atoms with E-state index in [1.807, 2.05) is 19.9 Å². The number of rotatable bonds is 11. The third-order valence-corrected chi connectivity index (χ3v) is 5.14. The third-order valence-electron chi connectivity index (χ3n) is 4.65. The summed E-state index contributed by atoms with van der Waals surface area (Å²) in [5, 5.41) is 4.07. The van der Waals surface area contributed by atoms with Gasteiger partial charge in [0, 0.05) is 21.2 Å². The highest BCUT2D eigenvalue weighted by Gasteiger charge is 2.12. The fourth-order valence-corrected chi connectivity index (χ4v) is 3.38. The number of halogens is 2. The Balaban J connectivity index is 1.70. The topological polar surface area (TPSA) is 69.2 Å². The molecule has 6 nitrogen and oxygen atoms in total. The number of nitrogens with one attached hydrogen (secondary N) is 1. The lowest BCUT2D eigenvalue weighted by Crippen LogP contribution is -2.18. The van der Waals surface area contributed by atoms with Crippen molar-refractivity contribution >= 4 is 28.1 Å². The van der Waals surface area contributed by atoms with E-state index in [4.69, 9.17) is 14.2 Å². The first-order chi connectivity index (χ1) is 16.5. The fourth-order valence-electron chi connectivity index (χ4n) is 3.00. The molecule has 0 saturated heterocycles. The van der Waals surface area contributed by atoms with E-state index in [2.05, 4.69) is 26.5 Å². The van der Waals surface area contributed by atoms with Crippen LogP contribution in [0.5, 0.6) is 17.2 Å². The van der Waals surface area contributed by atoms with Gasteiger partial charge in [0.1, 0.15) is 18.2 Å². The van der Waals surface area contributed by atoms with Crippen molar-refractivity contribution in [1.82, 2.24) is 5.43 Å². The van der Waals surface area contributed by atoms with Crippen LogP contribution in [0.4, 0.5) is 4.39 Å². The fraction of sp³-hybridized carbons (Fsp3) is 0.231. The molecular formula is C26H26BrFN2O4. The number of amides is 1. The van der Waals surface area contributed by atoms with Gasteiger partial charge in [-0.3, -0.25) is 4.79 Å². The average Bonchev–Trinajstić information content (AvgIpc) is 2.83. The Morgan fingerprint density at radius 1 is 1.00 bits per heavy atom. The van der Waals surface area contributed by atoms with Gasteiger partial charge in [-0.05, 0) is 55.8 Å². The molecule has 0 spiro atoms. The predicted octanol–water partition coefficient (Wildman–Crippen LogP) is 6.12. The van der Waals surface area contributed by atoms with Gasteiger partial charge in [-0.25, -0.2) is 9.82 Å². The molecule has 34 heavy (non-hydrogen) atoms. The first-order valence-corrected chi connectivity index (χ1v) is 11.7. The smallest absolute Gasteiger partial charge is 0.271 e. The summed E-state index contributed by atoms with van der Waals surface area (Å²) in [4.78, 5) is 12.6. The van der Waals surface area contributed by atoms with Gasteiger partial charge in [0.15, 0.2) is 11.5 Å². The second-order valence-electron chi connectivity index (χ2n) is 7.20. The van der Waals surface area contributed by atoms with E-state index < -0.39 is 5.91 Å². The van der Waals surface area contributed by atoms with E-state index in [0.717, 1.165) is 10.9 Å². The minimum absolute atomic E-state index is 0.0637. The molecule has 0 atom stereocenters. The Kier molecular flexibility index (Phi) is 9.46. The van der Waals surface area contributed by atoms with Crippen LogP contribution in [0.15, 0.2) is 70.2 Å². The largest absolute Gasteiger partial charge is 0.490 e. The molecule has 1 amide bonds. The highest BCUT2D eigenvalue weighted by molar-refractivity contribution is 9.10. The third kappa shape index (κ3) is 7.05. The van der Waals surface area contributed by atoms with E-state index in [0.29, 0.717) is 47.2 Å². The summed E-state index contributed by atoms with van der Waals surface area (Å²) in [5.41, 5.74) is 3.95. The van der Waals surface area contributed by atoms with Crippen molar-refractivity contribution in [2.45, 2.75) is 26.9 Å². The Morgan fingerprint density at radius 3 is 2.56 bits per heavy atom. The Hall–Kier alpha value is -3.39. The van der Waals surface area contributed by atoms with Crippen LogP contribution < -0.4 is 19.6 Å². The van der Waals surface area contributed by atoms with Gasteiger partial charge in [-0.1, -0.05) is 41.1 Å². The maximum atomic E-state index is 13.9. The summed E-state index contributed by atoms with van der Waals surface area (Å²) in [6, 6.07) is 16.8. The number of ether oxygens (including phenoxy) is 3. The standard InChI is InChI=1S/C26H26BrFN2O4/c1-3-13-33-24-11-9-18(15-25(24)32-4-2)26(31)30-29-16-20-14-21(27)10-12-23(20)34-17-19-7-5-6-8-22(19)28/h5-12,14-16H,3-4,13,17H2,1-2H3,(H,30,31)/b29-16+. The van der Waals surface area contributed by atoms with E-state index in [1.54, 1.807) is 48.5 Å². The molecule has 0 aliphatic heterocycles. The number of hydrazone groups is 1. The van der Waals surface area contributed by atoms with Gasteiger partial charge in [0.2, 0.25) is 0 Å². The molecule has 0 aliphatic carbocycles. The molecule has 3 rings (SSSR count). The first-order valence-electron chi connectivity index (χ1n) is 10.9. The van der Waals surface area contributed by atoms with Crippen LogP contribution in [-0.2, 0) is 6.61 Å². The van der Waals surface area contributed by atoms with Gasteiger partial charge in [-0.15, -0.1) is 0 Å². The van der Waals surface area contributed by atoms with Crippen LogP contribution in [0, 0.1) is 5.82 Å². The van der Waals surface area contributed by atoms with Crippen molar-refractivity contribution < 1.29 is 23.4 Å². The highest BCUT2D eigenvalue weighted by Crippen LogP contribution is 2.29. The Morgan fingerprint density at radius 2 is 1.79 bits per heavy atom. The van der Waals surface area contributed by atoms with Gasteiger partial charge in [-0.2, -0.15) is 5.10 Å². The second-order valence-corrected chi connectivity index (χ2v) is 8.12. The summed E-state index contributed by atoms with van der Waals surface area (Å²) in [5.74, 6) is 0.862. The number of hydrogen-bond acceptors (Lipinski definition) is 5. The quantitative estimate of drug-likeness (QED) is 0.240. The number of carbonyl (C=O) groups excluding carboxylic acids is 1. The van der Waals surface area contributed by atoms with Crippen LogP contribution in [0.1, 0.15) is 41.8 Å². The molecular weight excluding hydrogens is 503 g/mol. The minimum Gasteiger partial charge on any atom is -0.490 e. The van der Waals surface area contributed by atoms with Crippen molar-refractivity contribution in [2.24, 2.45) is 5.10 Å². The van der Waals surface area contributed by atoms with Crippen molar-refractivity contribution in [3.63, 3.8) is 0 Å². The van der Waals surface area contributed by atoms with E-state index >= 15 is 0 Å². The second kappa shape index (κ2) is 12.7. The summed E-state index contributed by atoms with van der Waals surface area (Å²) in [7, 11) is 0. The lowest BCUT2D eigenvalue weighted by atomic mass is 10.2. The molecule has 0 radical (unpaired) electrons. The van der Waals surface area contributed by atoms with Gasteiger partial charge in [0.25, 0.3) is 5.91 Å². The van der Waals surface area contributed by atoms with E-state index in [-0.39, 0.29) is 12.4 Å².